The summed E-state index contributed by atoms with van der Waals surface area (Å²) < 4.78 is 14.9. The van der Waals surface area contributed by atoms with E-state index >= 15 is 0 Å². The van der Waals surface area contributed by atoms with Gasteiger partial charge in [0.2, 0.25) is 0 Å². The number of aromatic nitrogens is 3. The number of aryl methyl sites for hydroxylation is 1. The highest BCUT2D eigenvalue weighted by atomic mass is 32.1. The van der Waals surface area contributed by atoms with Gasteiger partial charge in [0, 0.05) is 18.1 Å². The molecule has 8 heteroatoms. The van der Waals surface area contributed by atoms with Gasteiger partial charge < -0.3 is 14.6 Å². The van der Waals surface area contributed by atoms with Crippen LogP contribution < -0.4 is 10.1 Å². The van der Waals surface area contributed by atoms with E-state index in [1.807, 2.05) is 18.2 Å². The number of carbonyl (C=O) groups is 1. The summed E-state index contributed by atoms with van der Waals surface area (Å²) in [5.74, 6) is 1.39. The van der Waals surface area contributed by atoms with Gasteiger partial charge in [-0.15, -0.1) is 5.10 Å². The molecule has 3 aromatic rings. The molecule has 1 aliphatic heterocycles. The summed E-state index contributed by atoms with van der Waals surface area (Å²) in [5, 5.41) is 10.7. The molecular formula is C17H16N4O3S. The monoisotopic (exact) mass is 356 g/mol. The van der Waals surface area contributed by atoms with Crippen LogP contribution in [0.2, 0.25) is 0 Å². The van der Waals surface area contributed by atoms with Crippen LogP contribution in [0.3, 0.4) is 0 Å². The second-order valence-electron chi connectivity index (χ2n) is 6.01. The SMILES string of the molecule is Cc1nnsc1C(=O)NCc1cc(-c2ccc3c(c2)C[C@@H](C)O3)on1. The third-order valence-electron chi connectivity index (χ3n) is 4.03. The summed E-state index contributed by atoms with van der Waals surface area (Å²) in [6.07, 6.45) is 1.10. The highest BCUT2D eigenvalue weighted by Crippen LogP contribution is 2.33. The van der Waals surface area contributed by atoms with Gasteiger partial charge in [-0.1, -0.05) is 9.64 Å². The van der Waals surface area contributed by atoms with Crippen LogP contribution in [-0.4, -0.2) is 26.8 Å². The first-order valence-corrected chi connectivity index (χ1v) is 8.70. The molecule has 25 heavy (non-hydrogen) atoms. The average molecular weight is 356 g/mol. The number of rotatable bonds is 4. The predicted octanol–water partition coefficient (Wildman–Crippen LogP) is 2.75. The van der Waals surface area contributed by atoms with Gasteiger partial charge in [-0.25, -0.2) is 0 Å². The molecule has 0 unspecified atom stereocenters. The van der Waals surface area contributed by atoms with Gasteiger partial charge >= 0.3 is 0 Å². The van der Waals surface area contributed by atoms with E-state index in [-0.39, 0.29) is 18.6 Å². The normalized spacial score (nSPS) is 15.7. The summed E-state index contributed by atoms with van der Waals surface area (Å²) in [5.41, 5.74) is 3.40. The number of nitrogens with zero attached hydrogens (tertiary/aromatic N) is 3. The van der Waals surface area contributed by atoms with E-state index in [0.29, 0.717) is 22.0 Å². The molecule has 0 spiro atoms. The standard InChI is InChI=1S/C17H16N4O3S/c1-9-5-12-6-11(3-4-14(12)23-9)15-7-13(20-24-15)8-18-17(22)16-10(2)19-21-25-16/h3-4,6-7,9H,5,8H2,1-2H3,(H,18,22)/t9-/m1/s1. The fraction of sp³-hybridized carbons (Fsp3) is 0.294. The molecule has 0 bridgehead atoms. The van der Waals surface area contributed by atoms with Crippen LogP contribution in [0.15, 0.2) is 28.8 Å². The molecule has 1 atom stereocenters. The molecule has 1 N–H and O–H groups in total. The van der Waals surface area contributed by atoms with Crippen LogP contribution in [0.1, 0.15) is 33.5 Å². The van der Waals surface area contributed by atoms with Gasteiger partial charge in [-0.2, -0.15) is 0 Å². The molecule has 0 saturated heterocycles. The summed E-state index contributed by atoms with van der Waals surface area (Å²) >= 11 is 1.08. The molecule has 7 nitrogen and oxygen atoms in total. The van der Waals surface area contributed by atoms with Crippen molar-refractivity contribution in [1.82, 2.24) is 20.1 Å². The van der Waals surface area contributed by atoms with Crippen molar-refractivity contribution < 1.29 is 14.1 Å². The van der Waals surface area contributed by atoms with E-state index in [1.54, 1.807) is 6.92 Å². The lowest BCUT2D eigenvalue weighted by Crippen LogP contribution is -2.22. The third-order valence-corrected chi connectivity index (χ3v) is 4.85. The number of fused-ring (bicyclic) bond motifs is 1. The zero-order chi connectivity index (χ0) is 17.4. The van der Waals surface area contributed by atoms with Crippen molar-refractivity contribution in [2.24, 2.45) is 0 Å². The summed E-state index contributed by atoms with van der Waals surface area (Å²) in [7, 11) is 0. The quantitative estimate of drug-likeness (QED) is 0.773. The second-order valence-corrected chi connectivity index (χ2v) is 6.76. The lowest BCUT2D eigenvalue weighted by Gasteiger charge is -2.02. The Labute approximate surface area is 148 Å². The molecule has 1 aromatic carbocycles. The maximum Gasteiger partial charge on any atom is 0.265 e. The van der Waals surface area contributed by atoms with Gasteiger partial charge in [-0.05, 0) is 49.1 Å². The number of amides is 1. The Kier molecular flexibility index (Phi) is 3.96. The number of hydrogen-bond acceptors (Lipinski definition) is 7. The molecule has 0 fully saturated rings. The molecule has 4 rings (SSSR count). The average Bonchev–Trinajstić information content (AvgIpc) is 3.30. The zero-order valence-electron chi connectivity index (χ0n) is 13.8. The van der Waals surface area contributed by atoms with Crippen LogP contribution in [0.5, 0.6) is 5.75 Å². The van der Waals surface area contributed by atoms with Crippen LogP contribution >= 0.6 is 11.5 Å². The summed E-state index contributed by atoms with van der Waals surface area (Å²) in [4.78, 5) is 12.6. The van der Waals surface area contributed by atoms with Crippen molar-refractivity contribution in [2.45, 2.75) is 32.9 Å². The molecule has 0 aliphatic carbocycles. The summed E-state index contributed by atoms with van der Waals surface area (Å²) in [6.45, 7) is 4.09. The minimum Gasteiger partial charge on any atom is -0.490 e. The highest BCUT2D eigenvalue weighted by Gasteiger charge is 2.20. The Morgan fingerprint density at radius 2 is 2.28 bits per heavy atom. The predicted molar refractivity (Wildman–Crippen MR) is 91.5 cm³/mol. The fourth-order valence-corrected chi connectivity index (χ4v) is 3.37. The van der Waals surface area contributed by atoms with Crippen molar-refractivity contribution in [1.29, 1.82) is 0 Å². The molecular weight excluding hydrogens is 340 g/mol. The largest absolute Gasteiger partial charge is 0.490 e. The molecule has 1 aliphatic rings. The fourth-order valence-electron chi connectivity index (χ4n) is 2.80. The van der Waals surface area contributed by atoms with Crippen LogP contribution in [-0.2, 0) is 13.0 Å². The molecule has 0 radical (unpaired) electrons. The number of benzene rings is 1. The second kappa shape index (κ2) is 6.29. The number of ether oxygens (including phenoxy) is 1. The zero-order valence-corrected chi connectivity index (χ0v) is 14.6. The van der Waals surface area contributed by atoms with Crippen LogP contribution in [0.25, 0.3) is 11.3 Å². The van der Waals surface area contributed by atoms with E-state index in [2.05, 4.69) is 33.1 Å². The first-order chi connectivity index (χ1) is 12.1. The van der Waals surface area contributed by atoms with Crippen LogP contribution in [0.4, 0.5) is 0 Å². The minimum atomic E-state index is -0.208. The Morgan fingerprint density at radius 1 is 1.40 bits per heavy atom. The number of nitrogens with one attached hydrogen (secondary N) is 1. The molecule has 128 valence electrons. The van der Waals surface area contributed by atoms with E-state index in [0.717, 1.165) is 29.3 Å². The van der Waals surface area contributed by atoms with Gasteiger partial charge in [0.15, 0.2) is 5.76 Å². The third kappa shape index (κ3) is 3.12. The summed E-state index contributed by atoms with van der Waals surface area (Å²) in [6, 6.07) is 7.80. The van der Waals surface area contributed by atoms with Crippen molar-refractivity contribution in [3.8, 4) is 17.1 Å². The smallest absolute Gasteiger partial charge is 0.265 e. The Morgan fingerprint density at radius 3 is 3.08 bits per heavy atom. The van der Waals surface area contributed by atoms with E-state index in [9.17, 15) is 4.79 Å². The van der Waals surface area contributed by atoms with Crippen molar-refractivity contribution in [3.63, 3.8) is 0 Å². The topological polar surface area (TPSA) is 90.1 Å². The maximum atomic E-state index is 12.1. The van der Waals surface area contributed by atoms with Crippen LogP contribution in [0, 0.1) is 6.92 Å². The van der Waals surface area contributed by atoms with E-state index in [1.165, 1.54) is 5.56 Å². The lowest BCUT2D eigenvalue weighted by molar-refractivity contribution is 0.0953. The van der Waals surface area contributed by atoms with Gasteiger partial charge in [0.25, 0.3) is 5.91 Å². The molecule has 1 amide bonds. The Balaban J connectivity index is 1.45. The van der Waals surface area contributed by atoms with Gasteiger partial charge in [0.1, 0.15) is 22.4 Å². The van der Waals surface area contributed by atoms with E-state index in [4.69, 9.17) is 9.26 Å². The minimum absolute atomic E-state index is 0.204. The number of hydrogen-bond donors (Lipinski definition) is 1. The number of carbonyl (C=O) groups excluding carboxylic acids is 1. The Bertz CT molecular complexity index is 934. The van der Waals surface area contributed by atoms with Crippen molar-refractivity contribution in [3.05, 3.63) is 46.1 Å². The first-order valence-electron chi connectivity index (χ1n) is 7.93. The van der Waals surface area contributed by atoms with Gasteiger partial charge in [-0.3, -0.25) is 4.79 Å². The van der Waals surface area contributed by atoms with Crippen molar-refractivity contribution >= 4 is 17.4 Å². The van der Waals surface area contributed by atoms with Crippen molar-refractivity contribution in [2.75, 3.05) is 0 Å². The lowest BCUT2D eigenvalue weighted by atomic mass is 10.1. The molecule has 0 saturated carbocycles. The molecule has 3 heterocycles. The highest BCUT2D eigenvalue weighted by molar-refractivity contribution is 7.07. The Hall–Kier alpha value is -2.74. The first kappa shape index (κ1) is 15.8. The van der Waals surface area contributed by atoms with E-state index < -0.39 is 0 Å². The maximum absolute atomic E-state index is 12.1. The van der Waals surface area contributed by atoms with Gasteiger partial charge in [0.05, 0.1) is 12.2 Å². The molecule has 2 aromatic heterocycles.